The Morgan fingerprint density at radius 1 is 1.26 bits per heavy atom. The highest BCUT2D eigenvalue weighted by Gasteiger charge is 2.25. The maximum Gasteiger partial charge on any atom is 0.100 e. The zero-order valence-corrected chi connectivity index (χ0v) is 12.8. The average molecular weight is 270 g/mol. The van der Waals surface area contributed by atoms with Crippen LogP contribution in [0.5, 0.6) is 0 Å². The van der Waals surface area contributed by atoms with Gasteiger partial charge in [-0.1, -0.05) is 26.2 Å². The van der Waals surface area contributed by atoms with Gasteiger partial charge in [0, 0.05) is 13.0 Å². The number of aliphatic hydroxyl groups is 1. The Morgan fingerprint density at radius 2 is 2.00 bits per heavy atom. The predicted octanol–water partition coefficient (Wildman–Crippen LogP) is 3.66. The fourth-order valence-electron chi connectivity index (χ4n) is 2.73. The summed E-state index contributed by atoms with van der Waals surface area (Å²) in [6.45, 7) is 2.82. The Kier molecular flexibility index (Phi) is 8.15. The fraction of sp³-hybridized carbons (Fsp3) is 0.875. The summed E-state index contributed by atoms with van der Waals surface area (Å²) in [5.74, 6) is 1.28. The number of methoxy groups -OCH3 is 2. The molecule has 0 spiro atoms. The highest BCUT2D eigenvalue weighted by molar-refractivity contribution is 5.17. The van der Waals surface area contributed by atoms with Crippen LogP contribution < -0.4 is 0 Å². The Balaban J connectivity index is 2.51. The molecule has 112 valence electrons. The van der Waals surface area contributed by atoms with E-state index in [-0.39, 0.29) is 12.0 Å². The van der Waals surface area contributed by atoms with Gasteiger partial charge < -0.3 is 14.6 Å². The molecule has 0 heterocycles. The van der Waals surface area contributed by atoms with Gasteiger partial charge in [0.15, 0.2) is 0 Å². The number of allylic oxidation sites excluding steroid dienone is 1. The standard InChI is InChI=1S/C16H30O3/c1-4-5-6-10-15(17)11-14(12-18-2)16(19-3)13-8-7-9-13/h14-15,17H,4-12H2,1-3H3. The summed E-state index contributed by atoms with van der Waals surface area (Å²) in [7, 11) is 3.46. The quantitative estimate of drug-likeness (QED) is 0.486. The van der Waals surface area contributed by atoms with Gasteiger partial charge in [0.25, 0.3) is 0 Å². The van der Waals surface area contributed by atoms with Crippen LogP contribution in [0.2, 0.25) is 0 Å². The van der Waals surface area contributed by atoms with E-state index in [1.54, 1.807) is 14.2 Å². The van der Waals surface area contributed by atoms with Crippen LogP contribution in [0, 0.1) is 5.92 Å². The third-order valence-electron chi connectivity index (χ3n) is 3.96. The van der Waals surface area contributed by atoms with Crippen LogP contribution in [-0.4, -0.2) is 32.0 Å². The van der Waals surface area contributed by atoms with Crippen molar-refractivity contribution in [3.8, 4) is 0 Å². The Labute approximate surface area is 118 Å². The van der Waals surface area contributed by atoms with E-state index in [4.69, 9.17) is 9.47 Å². The lowest BCUT2D eigenvalue weighted by Gasteiger charge is -2.28. The van der Waals surface area contributed by atoms with Gasteiger partial charge in [-0.05, 0) is 37.7 Å². The predicted molar refractivity (Wildman–Crippen MR) is 78.0 cm³/mol. The highest BCUT2D eigenvalue weighted by atomic mass is 16.5. The lowest BCUT2D eigenvalue weighted by Crippen LogP contribution is -2.22. The molecule has 1 fully saturated rings. The molecule has 0 saturated heterocycles. The van der Waals surface area contributed by atoms with Gasteiger partial charge >= 0.3 is 0 Å². The zero-order chi connectivity index (χ0) is 14.1. The number of hydrogen-bond acceptors (Lipinski definition) is 3. The van der Waals surface area contributed by atoms with Crippen molar-refractivity contribution in [3.05, 3.63) is 11.3 Å². The molecule has 1 aliphatic rings. The minimum absolute atomic E-state index is 0.210. The highest BCUT2D eigenvalue weighted by Crippen LogP contribution is 2.34. The van der Waals surface area contributed by atoms with Crippen molar-refractivity contribution in [2.45, 2.75) is 64.4 Å². The summed E-state index contributed by atoms with van der Waals surface area (Å²) in [6.07, 6.45) is 8.47. The van der Waals surface area contributed by atoms with Crippen LogP contribution in [0.15, 0.2) is 11.3 Å². The molecule has 0 aromatic rings. The Morgan fingerprint density at radius 3 is 2.47 bits per heavy atom. The van der Waals surface area contributed by atoms with Crippen LogP contribution in [0.25, 0.3) is 0 Å². The summed E-state index contributed by atoms with van der Waals surface area (Å²) in [6, 6.07) is 0. The molecule has 0 aromatic heterocycles. The van der Waals surface area contributed by atoms with Crippen LogP contribution in [0.3, 0.4) is 0 Å². The Hall–Kier alpha value is -0.540. The van der Waals surface area contributed by atoms with Crippen molar-refractivity contribution in [2.24, 2.45) is 5.92 Å². The topological polar surface area (TPSA) is 38.7 Å². The largest absolute Gasteiger partial charge is 0.501 e. The molecule has 2 atom stereocenters. The maximum atomic E-state index is 10.2. The second-order valence-electron chi connectivity index (χ2n) is 5.56. The molecule has 2 unspecified atom stereocenters. The number of aliphatic hydroxyl groups excluding tert-OH is 1. The molecule has 1 rings (SSSR count). The molecule has 0 radical (unpaired) electrons. The first kappa shape index (κ1) is 16.5. The summed E-state index contributed by atoms with van der Waals surface area (Å²) < 4.78 is 10.9. The zero-order valence-electron chi connectivity index (χ0n) is 12.8. The fourth-order valence-corrected chi connectivity index (χ4v) is 2.73. The lowest BCUT2D eigenvalue weighted by atomic mass is 9.85. The summed E-state index contributed by atoms with van der Waals surface area (Å²) >= 11 is 0. The van der Waals surface area contributed by atoms with Gasteiger partial charge in [-0.2, -0.15) is 0 Å². The van der Waals surface area contributed by atoms with Crippen molar-refractivity contribution in [2.75, 3.05) is 20.8 Å². The molecule has 1 N–H and O–H groups in total. The van der Waals surface area contributed by atoms with E-state index in [1.807, 2.05) is 0 Å². The molecule has 1 aliphatic carbocycles. The third kappa shape index (κ3) is 5.53. The van der Waals surface area contributed by atoms with E-state index in [2.05, 4.69) is 6.92 Å². The first-order chi connectivity index (χ1) is 9.22. The second-order valence-corrected chi connectivity index (χ2v) is 5.56. The molecule has 0 aliphatic heterocycles. The van der Waals surface area contributed by atoms with E-state index < -0.39 is 0 Å². The van der Waals surface area contributed by atoms with Crippen molar-refractivity contribution < 1.29 is 14.6 Å². The number of rotatable bonds is 10. The first-order valence-corrected chi connectivity index (χ1v) is 7.65. The number of hydrogen-bond donors (Lipinski definition) is 1. The van der Waals surface area contributed by atoms with E-state index in [0.717, 1.165) is 37.9 Å². The van der Waals surface area contributed by atoms with Crippen LogP contribution >= 0.6 is 0 Å². The van der Waals surface area contributed by atoms with Crippen LogP contribution in [0.4, 0.5) is 0 Å². The Bertz CT molecular complexity index is 267. The van der Waals surface area contributed by atoms with Crippen LogP contribution in [0.1, 0.15) is 58.3 Å². The summed E-state index contributed by atoms with van der Waals surface area (Å²) in [5.41, 5.74) is 1.42. The molecule has 3 heteroatoms. The average Bonchev–Trinajstić information content (AvgIpc) is 2.33. The van der Waals surface area contributed by atoms with Gasteiger partial charge in [0.2, 0.25) is 0 Å². The van der Waals surface area contributed by atoms with E-state index in [1.165, 1.54) is 24.8 Å². The van der Waals surface area contributed by atoms with E-state index >= 15 is 0 Å². The van der Waals surface area contributed by atoms with Gasteiger partial charge in [0.1, 0.15) is 5.76 Å². The molecule has 1 saturated carbocycles. The van der Waals surface area contributed by atoms with Gasteiger partial charge in [-0.15, -0.1) is 0 Å². The molecular formula is C16H30O3. The molecular weight excluding hydrogens is 240 g/mol. The summed E-state index contributed by atoms with van der Waals surface area (Å²) in [4.78, 5) is 0. The maximum absolute atomic E-state index is 10.2. The lowest BCUT2D eigenvalue weighted by molar-refractivity contribution is 0.0748. The molecule has 0 aromatic carbocycles. The molecule has 0 bridgehead atoms. The second kappa shape index (κ2) is 9.38. The van der Waals surface area contributed by atoms with E-state index in [9.17, 15) is 5.11 Å². The van der Waals surface area contributed by atoms with Crippen molar-refractivity contribution in [1.29, 1.82) is 0 Å². The number of unbranched alkanes of at least 4 members (excludes halogenated alkanes) is 2. The van der Waals surface area contributed by atoms with Gasteiger partial charge in [-0.25, -0.2) is 0 Å². The minimum Gasteiger partial charge on any atom is -0.501 e. The van der Waals surface area contributed by atoms with Crippen molar-refractivity contribution >= 4 is 0 Å². The van der Waals surface area contributed by atoms with Crippen molar-refractivity contribution in [3.63, 3.8) is 0 Å². The third-order valence-corrected chi connectivity index (χ3v) is 3.96. The van der Waals surface area contributed by atoms with Gasteiger partial charge in [0.05, 0.1) is 19.8 Å². The first-order valence-electron chi connectivity index (χ1n) is 7.65. The minimum atomic E-state index is -0.238. The molecule has 3 nitrogen and oxygen atoms in total. The molecule has 0 amide bonds. The normalized spacial score (nSPS) is 17.8. The smallest absolute Gasteiger partial charge is 0.100 e. The van der Waals surface area contributed by atoms with Crippen molar-refractivity contribution in [1.82, 2.24) is 0 Å². The number of ether oxygens (including phenoxy) is 2. The van der Waals surface area contributed by atoms with E-state index in [0.29, 0.717) is 6.61 Å². The van der Waals surface area contributed by atoms with Crippen LogP contribution in [-0.2, 0) is 9.47 Å². The van der Waals surface area contributed by atoms with Gasteiger partial charge in [-0.3, -0.25) is 0 Å². The monoisotopic (exact) mass is 270 g/mol. The SMILES string of the molecule is CCCCCC(O)CC(COC)C(OC)=C1CCC1. The summed E-state index contributed by atoms with van der Waals surface area (Å²) in [5, 5.41) is 10.2. The molecule has 19 heavy (non-hydrogen) atoms.